The number of nitrogens with one attached hydrogen (secondary N) is 1. The van der Waals surface area contributed by atoms with Gasteiger partial charge in [-0.05, 0) is 80.1 Å². The Kier molecular flexibility index (Phi) is 11.6. The number of carboxylic acids is 1. The predicted molar refractivity (Wildman–Crippen MR) is 179 cm³/mol. The first-order valence-corrected chi connectivity index (χ1v) is 16.6. The molecule has 2 fully saturated rings. The summed E-state index contributed by atoms with van der Waals surface area (Å²) in [6.07, 6.45) is 0.855. The zero-order chi connectivity index (χ0) is 34.3. The van der Waals surface area contributed by atoms with E-state index in [2.05, 4.69) is 10.2 Å². The van der Waals surface area contributed by atoms with Crippen LogP contribution in [-0.2, 0) is 41.7 Å². The van der Waals surface area contributed by atoms with Crippen molar-refractivity contribution in [3.8, 4) is 11.1 Å². The Hall–Kier alpha value is -4.09. The lowest BCUT2D eigenvalue weighted by Gasteiger charge is -2.38. The minimum Gasteiger partial charge on any atom is -0.481 e. The summed E-state index contributed by atoms with van der Waals surface area (Å²) in [5.74, 6) is -1.51. The Balaban J connectivity index is 1.34. The van der Waals surface area contributed by atoms with Gasteiger partial charge in [-0.1, -0.05) is 60.7 Å². The van der Waals surface area contributed by atoms with Gasteiger partial charge in [-0.15, -0.1) is 0 Å². The summed E-state index contributed by atoms with van der Waals surface area (Å²) in [7, 11) is 0. The molecule has 2 aliphatic heterocycles. The maximum atomic E-state index is 13.1. The van der Waals surface area contributed by atoms with Crippen LogP contribution >= 0.6 is 0 Å². The molecular weight excluding hydrogens is 612 g/mol. The highest BCUT2D eigenvalue weighted by Crippen LogP contribution is 2.39. The van der Waals surface area contributed by atoms with Gasteiger partial charge in [0.1, 0.15) is 11.6 Å². The molecule has 3 aromatic carbocycles. The van der Waals surface area contributed by atoms with Crippen molar-refractivity contribution in [3.63, 3.8) is 0 Å². The number of aliphatic hydroxyl groups is 1. The average Bonchev–Trinajstić information content (AvgIpc) is 3.54. The van der Waals surface area contributed by atoms with Crippen molar-refractivity contribution in [3.05, 3.63) is 95.1 Å². The standard InChI is InChI=1S/C38H46N2O8/c1-38(2,3)48-36(45)32-11-6-18-40(32)23-31-21-33(27-14-12-25(24-41)13-15-27)47-37(46-31)30-10-5-9-29(20-30)28-8-4-7-26(19-28)22-39-34(42)16-17-35(43)44/h4-5,7-10,12-15,19-20,31-33,37,41H,6,11,16-18,21-24H2,1-3H3,(H,39,42)(H,43,44)/t31-,32-,33+,37+/m0/s1. The van der Waals surface area contributed by atoms with Crippen molar-refractivity contribution in [1.82, 2.24) is 10.2 Å². The number of aliphatic carboxylic acids is 1. The van der Waals surface area contributed by atoms with E-state index in [1.54, 1.807) is 0 Å². The molecule has 0 aromatic heterocycles. The molecular formula is C38H46N2O8. The molecule has 2 saturated heterocycles. The van der Waals surface area contributed by atoms with Gasteiger partial charge in [0.15, 0.2) is 6.29 Å². The van der Waals surface area contributed by atoms with Gasteiger partial charge in [-0.3, -0.25) is 19.3 Å². The number of esters is 1. The van der Waals surface area contributed by atoms with E-state index in [0.717, 1.165) is 52.8 Å². The summed E-state index contributed by atoms with van der Waals surface area (Å²) in [6, 6.07) is 23.3. The van der Waals surface area contributed by atoms with Gasteiger partial charge < -0.3 is 29.7 Å². The van der Waals surface area contributed by atoms with E-state index >= 15 is 0 Å². The number of hydrogen-bond donors (Lipinski definition) is 3. The molecule has 2 aliphatic rings. The zero-order valence-corrected chi connectivity index (χ0v) is 27.9. The number of benzene rings is 3. The number of hydrogen-bond acceptors (Lipinski definition) is 8. The molecule has 3 N–H and O–H groups in total. The van der Waals surface area contributed by atoms with E-state index in [1.165, 1.54) is 0 Å². The minimum absolute atomic E-state index is 0.0355. The van der Waals surface area contributed by atoms with Gasteiger partial charge in [0.2, 0.25) is 5.91 Å². The lowest BCUT2D eigenvalue weighted by atomic mass is 9.98. The van der Waals surface area contributed by atoms with Crippen LogP contribution in [0.25, 0.3) is 11.1 Å². The second-order valence-electron chi connectivity index (χ2n) is 13.5. The highest BCUT2D eigenvalue weighted by molar-refractivity contribution is 5.80. The Labute approximate surface area is 282 Å². The largest absolute Gasteiger partial charge is 0.481 e. The van der Waals surface area contributed by atoms with Crippen molar-refractivity contribution >= 4 is 17.8 Å². The van der Waals surface area contributed by atoms with Gasteiger partial charge >= 0.3 is 11.9 Å². The van der Waals surface area contributed by atoms with Crippen LogP contribution in [-0.4, -0.2) is 63.8 Å². The van der Waals surface area contributed by atoms with Crippen LogP contribution in [0.3, 0.4) is 0 Å². The molecule has 0 aliphatic carbocycles. The molecule has 0 spiro atoms. The number of carboxylic acid groups (broad SMARTS) is 1. The monoisotopic (exact) mass is 658 g/mol. The first kappa shape index (κ1) is 35.2. The van der Waals surface area contributed by atoms with Crippen LogP contribution in [0.1, 0.15) is 87.5 Å². The van der Waals surface area contributed by atoms with Gasteiger partial charge in [0.25, 0.3) is 0 Å². The molecule has 48 heavy (non-hydrogen) atoms. The van der Waals surface area contributed by atoms with Gasteiger partial charge in [-0.2, -0.15) is 0 Å². The zero-order valence-electron chi connectivity index (χ0n) is 27.9. The van der Waals surface area contributed by atoms with E-state index in [9.17, 15) is 19.5 Å². The lowest BCUT2D eigenvalue weighted by molar-refractivity contribution is -0.253. The molecule has 256 valence electrons. The molecule has 0 saturated carbocycles. The van der Waals surface area contributed by atoms with Crippen molar-refractivity contribution in [2.75, 3.05) is 13.1 Å². The third kappa shape index (κ3) is 9.73. The Morgan fingerprint density at radius 1 is 0.917 bits per heavy atom. The van der Waals surface area contributed by atoms with Crippen LogP contribution < -0.4 is 5.32 Å². The SMILES string of the molecule is CC(C)(C)OC(=O)[C@@H]1CCCN1C[C@@H]1C[C@H](c2ccc(CO)cc2)O[C@H](c2cccc(-c3cccc(CNC(=O)CCC(=O)O)c3)c2)O1. The molecule has 5 rings (SSSR count). The summed E-state index contributed by atoms with van der Waals surface area (Å²) >= 11 is 0. The number of aliphatic hydroxyl groups excluding tert-OH is 1. The molecule has 0 bridgehead atoms. The summed E-state index contributed by atoms with van der Waals surface area (Å²) in [5.41, 5.74) is 4.91. The second-order valence-corrected chi connectivity index (χ2v) is 13.5. The highest BCUT2D eigenvalue weighted by atomic mass is 16.7. The van der Waals surface area contributed by atoms with Crippen LogP contribution in [0, 0.1) is 0 Å². The molecule has 2 heterocycles. The number of carbonyl (C=O) groups is 3. The number of carbonyl (C=O) groups excluding carboxylic acids is 2. The van der Waals surface area contributed by atoms with Gasteiger partial charge in [0, 0.05) is 31.5 Å². The van der Waals surface area contributed by atoms with Crippen molar-refractivity contribution < 1.29 is 38.8 Å². The number of rotatable bonds is 12. The third-order valence-corrected chi connectivity index (χ3v) is 8.57. The van der Waals surface area contributed by atoms with E-state index in [4.69, 9.17) is 19.3 Å². The van der Waals surface area contributed by atoms with Crippen LogP contribution in [0.2, 0.25) is 0 Å². The Morgan fingerprint density at radius 2 is 1.65 bits per heavy atom. The highest BCUT2D eigenvalue weighted by Gasteiger charge is 2.39. The predicted octanol–water partition coefficient (Wildman–Crippen LogP) is 5.68. The van der Waals surface area contributed by atoms with Crippen molar-refractivity contribution in [2.45, 2.75) is 96.2 Å². The number of nitrogens with zero attached hydrogens (tertiary/aromatic N) is 1. The first-order valence-electron chi connectivity index (χ1n) is 16.6. The maximum absolute atomic E-state index is 13.1. The van der Waals surface area contributed by atoms with E-state index in [1.807, 2.05) is 93.6 Å². The first-order chi connectivity index (χ1) is 23.0. The number of likely N-dealkylation sites (tertiary alicyclic amines) is 1. The molecule has 4 atom stereocenters. The van der Waals surface area contributed by atoms with Gasteiger partial charge in [0.05, 0.1) is 25.2 Å². The summed E-state index contributed by atoms with van der Waals surface area (Å²) in [4.78, 5) is 38.1. The van der Waals surface area contributed by atoms with E-state index in [0.29, 0.717) is 19.5 Å². The molecule has 10 heteroatoms. The summed E-state index contributed by atoms with van der Waals surface area (Å²) in [6.45, 7) is 7.27. The molecule has 1 amide bonds. The normalized spacial score (nSPS) is 21.5. The maximum Gasteiger partial charge on any atom is 0.323 e. The molecule has 10 nitrogen and oxygen atoms in total. The van der Waals surface area contributed by atoms with Gasteiger partial charge in [-0.25, -0.2) is 0 Å². The quantitative estimate of drug-likeness (QED) is 0.210. The van der Waals surface area contributed by atoms with Crippen LogP contribution in [0.5, 0.6) is 0 Å². The Bertz CT molecular complexity index is 1570. The number of amides is 1. The second kappa shape index (κ2) is 15.9. The molecule has 0 radical (unpaired) electrons. The topological polar surface area (TPSA) is 135 Å². The lowest BCUT2D eigenvalue weighted by Crippen LogP contribution is -2.45. The summed E-state index contributed by atoms with van der Waals surface area (Å²) < 4.78 is 19.0. The fourth-order valence-corrected chi connectivity index (χ4v) is 6.21. The molecule has 0 unspecified atom stereocenters. The van der Waals surface area contributed by atoms with Crippen molar-refractivity contribution in [2.24, 2.45) is 0 Å². The minimum atomic E-state index is -1.00. The fraction of sp³-hybridized carbons (Fsp3) is 0.447. The smallest absolute Gasteiger partial charge is 0.323 e. The van der Waals surface area contributed by atoms with Crippen LogP contribution in [0.4, 0.5) is 0 Å². The Morgan fingerprint density at radius 3 is 2.35 bits per heavy atom. The van der Waals surface area contributed by atoms with E-state index < -0.39 is 17.9 Å². The van der Waals surface area contributed by atoms with E-state index in [-0.39, 0.29) is 49.6 Å². The number of ether oxygens (including phenoxy) is 3. The average molecular weight is 659 g/mol. The summed E-state index contributed by atoms with van der Waals surface area (Å²) in [5, 5.41) is 21.2. The van der Waals surface area contributed by atoms with Crippen molar-refractivity contribution in [1.29, 1.82) is 0 Å². The fourth-order valence-electron chi connectivity index (χ4n) is 6.21. The van der Waals surface area contributed by atoms with Crippen LogP contribution in [0.15, 0.2) is 72.8 Å². The molecule has 3 aromatic rings. The third-order valence-electron chi connectivity index (χ3n) is 8.57.